The molecule has 1 fully saturated rings. The van der Waals surface area contributed by atoms with Crippen LogP contribution in [-0.2, 0) is 20.7 Å². The van der Waals surface area contributed by atoms with Crippen molar-refractivity contribution in [2.45, 2.75) is 65.3 Å². The van der Waals surface area contributed by atoms with E-state index in [1.165, 1.54) is 0 Å². The predicted molar refractivity (Wildman–Crippen MR) is 93.3 cm³/mol. The van der Waals surface area contributed by atoms with Crippen LogP contribution < -0.4 is 5.69 Å². The smallest absolute Gasteiger partial charge is 0.345 e. The normalized spacial score (nSPS) is 17.4. The molecule has 1 aliphatic heterocycles. The van der Waals surface area contributed by atoms with Gasteiger partial charge in [0, 0.05) is 30.4 Å². The summed E-state index contributed by atoms with van der Waals surface area (Å²) in [5.74, 6) is -0.206. The van der Waals surface area contributed by atoms with Gasteiger partial charge >= 0.3 is 11.7 Å². The van der Waals surface area contributed by atoms with Crippen LogP contribution in [0.2, 0.25) is 0 Å². The van der Waals surface area contributed by atoms with Gasteiger partial charge in [0.1, 0.15) is 0 Å². The van der Waals surface area contributed by atoms with E-state index in [9.17, 15) is 14.4 Å². The van der Waals surface area contributed by atoms with E-state index in [2.05, 4.69) is 9.97 Å². The maximum atomic E-state index is 12.7. The number of aryl methyl sites for hydroxylation is 2. The molecule has 2 heterocycles. The van der Waals surface area contributed by atoms with E-state index in [0.717, 1.165) is 30.5 Å². The van der Waals surface area contributed by atoms with Gasteiger partial charge in [0.25, 0.3) is 0 Å². The van der Waals surface area contributed by atoms with E-state index in [1.807, 2.05) is 11.8 Å². The lowest BCUT2D eigenvalue weighted by Gasteiger charge is -2.35. The molecule has 0 unspecified atom stereocenters. The molecule has 7 nitrogen and oxygen atoms in total. The lowest BCUT2D eigenvalue weighted by Crippen LogP contribution is -2.45. The van der Waals surface area contributed by atoms with Crippen LogP contribution in [0.1, 0.15) is 56.0 Å². The van der Waals surface area contributed by atoms with Crippen molar-refractivity contribution in [3.8, 4) is 0 Å². The minimum absolute atomic E-state index is 0.0407. The zero-order valence-electron chi connectivity index (χ0n) is 15.3. The summed E-state index contributed by atoms with van der Waals surface area (Å²) in [6.45, 7) is 6.43. The second-order valence-corrected chi connectivity index (χ2v) is 6.48. The van der Waals surface area contributed by atoms with Crippen LogP contribution in [0.4, 0.5) is 0 Å². The molecular weight excluding hydrogens is 322 g/mol. The quantitative estimate of drug-likeness (QED) is 0.789. The first-order valence-corrected chi connectivity index (χ1v) is 8.93. The number of carbonyl (C=O) groups excluding carboxylic acids is 2. The second kappa shape index (κ2) is 8.78. The van der Waals surface area contributed by atoms with E-state index in [4.69, 9.17) is 4.74 Å². The highest BCUT2D eigenvalue weighted by Crippen LogP contribution is 2.22. The first-order valence-electron chi connectivity index (χ1n) is 8.93. The number of hydrogen-bond donors (Lipinski definition) is 1. The second-order valence-electron chi connectivity index (χ2n) is 6.48. The van der Waals surface area contributed by atoms with Gasteiger partial charge in [-0.05, 0) is 52.0 Å². The van der Waals surface area contributed by atoms with Crippen molar-refractivity contribution < 1.29 is 14.3 Å². The number of esters is 1. The van der Waals surface area contributed by atoms with Crippen molar-refractivity contribution >= 4 is 11.9 Å². The first kappa shape index (κ1) is 19.1. The number of piperidine rings is 1. The molecule has 1 atom stereocenters. The minimum atomic E-state index is -0.365. The maximum Gasteiger partial charge on any atom is 0.345 e. The number of H-pyrrole nitrogens is 1. The molecule has 1 aromatic rings. The van der Waals surface area contributed by atoms with E-state index < -0.39 is 0 Å². The van der Waals surface area contributed by atoms with Gasteiger partial charge in [-0.25, -0.2) is 4.79 Å². The average Bonchev–Trinajstić information content (AvgIpc) is 2.54. The lowest BCUT2D eigenvalue weighted by molar-refractivity contribution is -0.146. The summed E-state index contributed by atoms with van der Waals surface area (Å²) in [6, 6.07) is -0.0730. The molecule has 0 aliphatic carbocycles. The summed E-state index contributed by atoms with van der Waals surface area (Å²) in [7, 11) is 0. The van der Waals surface area contributed by atoms with E-state index >= 15 is 0 Å². The Bertz CT molecular complexity index is 657. The number of nitrogens with zero attached hydrogens (tertiary/aromatic N) is 2. The van der Waals surface area contributed by atoms with Gasteiger partial charge in [-0.1, -0.05) is 0 Å². The summed E-state index contributed by atoms with van der Waals surface area (Å²) in [6.07, 6.45) is 3.96. The van der Waals surface area contributed by atoms with Crippen molar-refractivity contribution in [1.82, 2.24) is 14.9 Å². The molecule has 1 aromatic heterocycles. The predicted octanol–water partition coefficient (Wildman–Crippen LogP) is 1.65. The number of amides is 1. The number of rotatable bonds is 6. The summed E-state index contributed by atoms with van der Waals surface area (Å²) in [5, 5.41) is 0. The third-order valence-electron chi connectivity index (χ3n) is 4.70. The van der Waals surface area contributed by atoms with Crippen LogP contribution in [-0.4, -0.2) is 45.9 Å². The molecule has 25 heavy (non-hydrogen) atoms. The monoisotopic (exact) mass is 349 g/mol. The zero-order chi connectivity index (χ0) is 18.4. The molecular formula is C18H27N3O4. The molecule has 0 bridgehead atoms. The van der Waals surface area contributed by atoms with Gasteiger partial charge in [-0.2, -0.15) is 4.98 Å². The molecule has 1 aliphatic rings. The highest BCUT2D eigenvalue weighted by atomic mass is 16.5. The van der Waals surface area contributed by atoms with Crippen LogP contribution in [0.3, 0.4) is 0 Å². The molecule has 1 N–H and O–H groups in total. The average molecular weight is 349 g/mol. The fourth-order valence-corrected chi connectivity index (χ4v) is 3.45. The van der Waals surface area contributed by atoms with E-state index in [0.29, 0.717) is 31.7 Å². The summed E-state index contributed by atoms with van der Waals surface area (Å²) < 4.78 is 5.03. The third-order valence-corrected chi connectivity index (χ3v) is 4.70. The molecule has 138 valence electrons. The number of hydrogen-bond acceptors (Lipinski definition) is 5. The standard InChI is InChI=1S/C18H27N3O4/c1-4-25-17(23)11-14-7-5-6-10-21(14)16(22)9-8-15-12(2)19-18(24)20-13(15)3/h14H,4-11H2,1-3H3,(H,19,20,24)/t14-/m1/s1. The lowest BCUT2D eigenvalue weighted by atomic mass is 9.98. The highest BCUT2D eigenvalue weighted by molar-refractivity contribution is 5.78. The molecule has 1 amide bonds. The Morgan fingerprint density at radius 2 is 2.08 bits per heavy atom. The van der Waals surface area contributed by atoms with Crippen LogP contribution in [0.5, 0.6) is 0 Å². The van der Waals surface area contributed by atoms with Crippen LogP contribution in [0, 0.1) is 13.8 Å². The number of aromatic amines is 1. The largest absolute Gasteiger partial charge is 0.466 e. The Hall–Kier alpha value is -2.18. The fourth-order valence-electron chi connectivity index (χ4n) is 3.45. The Labute approximate surface area is 147 Å². The first-order chi connectivity index (χ1) is 11.9. The number of likely N-dealkylation sites (tertiary alicyclic amines) is 1. The van der Waals surface area contributed by atoms with Crippen molar-refractivity contribution in [3.63, 3.8) is 0 Å². The van der Waals surface area contributed by atoms with Gasteiger partial charge in [-0.3, -0.25) is 9.59 Å². The number of nitrogens with one attached hydrogen (secondary N) is 1. The Kier molecular flexibility index (Phi) is 6.73. The van der Waals surface area contributed by atoms with Gasteiger partial charge in [0.05, 0.1) is 13.0 Å². The Morgan fingerprint density at radius 3 is 2.76 bits per heavy atom. The highest BCUT2D eigenvalue weighted by Gasteiger charge is 2.28. The van der Waals surface area contributed by atoms with Gasteiger partial charge < -0.3 is 14.6 Å². The fraction of sp³-hybridized carbons (Fsp3) is 0.667. The van der Waals surface area contributed by atoms with Crippen LogP contribution >= 0.6 is 0 Å². The molecule has 2 rings (SSSR count). The molecule has 0 aromatic carbocycles. The number of carbonyl (C=O) groups is 2. The summed E-state index contributed by atoms with van der Waals surface area (Å²) >= 11 is 0. The van der Waals surface area contributed by atoms with Crippen molar-refractivity contribution in [3.05, 3.63) is 27.4 Å². The van der Waals surface area contributed by atoms with Crippen LogP contribution in [0.25, 0.3) is 0 Å². The zero-order valence-corrected chi connectivity index (χ0v) is 15.3. The van der Waals surface area contributed by atoms with Gasteiger partial charge in [0.15, 0.2) is 0 Å². The van der Waals surface area contributed by atoms with Gasteiger partial charge in [0.2, 0.25) is 5.91 Å². The van der Waals surface area contributed by atoms with Crippen molar-refractivity contribution in [2.24, 2.45) is 0 Å². The number of ether oxygens (including phenoxy) is 1. The third kappa shape index (κ3) is 5.14. The molecule has 1 saturated heterocycles. The number of aromatic nitrogens is 2. The molecule has 7 heteroatoms. The Morgan fingerprint density at radius 1 is 1.32 bits per heavy atom. The van der Waals surface area contributed by atoms with Crippen LogP contribution in [0.15, 0.2) is 4.79 Å². The summed E-state index contributed by atoms with van der Waals surface area (Å²) in [5.41, 5.74) is 1.96. The maximum absolute atomic E-state index is 12.7. The SMILES string of the molecule is CCOC(=O)C[C@H]1CCCCN1C(=O)CCc1c(C)nc(=O)[nH]c1C. The topological polar surface area (TPSA) is 92.4 Å². The minimum Gasteiger partial charge on any atom is -0.466 e. The van der Waals surface area contributed by atoms with Gasteiger partial charge in [-0.15, -0.1) is 0 Å². The van der Waals surface area contributed by atoms with Crippen molar-refractivity contribution in [2.75, 3.05) is 13.2 Å². The molecule has 0 spiro atoms. The van der Waals surface area contributed by atoms with E-state index in [-0.39, 0.29) is 30.0 Å². The Balaban J connectivity index is 2.00. The summed E-state index contributed by atoms with van der Waals surface area (Å²) in [4.78, 5) is 44.2. The molecule has 0 saturated carbocycles. The van der Waals surface area contributed by atoms with Crippen molar-refractivity contribution in [1.29, 1.82) is 0 Å². The van der Waals surface area contributed by atoms with E-state index in [1.54, 1.807) is 13.8 Å². The molecule has 0 radical (unpaired) electrons.